The van der Waals surface area contributed by atoms with Gasteiger partial charge in [-0.2, -0.15) is 0 Å². The van der Waals surface area contributed by atoms with Gasteiger partial charge < -0.3 is 4.74 Å². The van der Waals surface area contributed by atoms with Crippen LogP contribution in [0.5, 0.6) is 5.75 Å². The fourth-order valence-electron chi connectivity index (χ4n) is 1.77. The minimum atomic E-state index is -4.51. The first-order valence-corrected chi connectivity index (χ1v) is 7.53. The van der Waals surface area contributed by atoms with E-state index in [1.54, 1.807) is 4.72 Å². The zero-order valence-electron chi connectivity index (χ0n) is 11.6. The lowest BCUT2D eigenvalue weighted by molar-refractivity contribution is -0.387. The monoisotopic (exact) mass is 344 g/mol. The molecule has 0 bridgehead atoms. The molecule has 0 saturated heterocycles. The molecule has 2 aromatic rings. The Balaban J connectivity index is 2.51. The van der Waals surface area contributed by atoms with Gasteiger partial charge in [-0.05, 0) is 24.3 Å². The van der Waals surface area contributed by atoms with E-state index >= 15 is 0 Å². The Bertz CT molecular complexity index is 871. The molecule has 2 rings (SSSR count). The number of hydrogen-bond donors (Lipinski definition) is 1. The largest absolute Gasteiger partial charge is 0.497 e. The molecule has 0 heterocycles. The average molecular weight is 344 g/mol. The van der Waals surface area contributed by atoms with Crippen LogP contribution in [0.1, 0.15) is 0 Å². The van der Waals surface area contributed by atoms with Crippen molar-refractivity contribution >= 4 is 21.4 Å². The Morgan fingerprint density at radius 2 is 1.87 bits per heavy atom. The maximum Gasteiger partial charge on any atom is 0.293 e. The number of benzene rings is 2. The number of nitrogens with one attached hydrogen (secondary N) is 1. The van der Waals surface area contributed by atoms with Crippen molar-refractivity contribution in [3.05, 3.63) is 58.1 Å². The molecule has 0 fully saturated rings. The second kappa shape index (κ2) is 6.16. The van der Waals surface area contributed by atoms with Crippen LogP contribution in [0.3, 0.4) is 0 Å². The first-order valence-electron chi connectivity index (χ1n) is 6.05. The second-order valence-electron chi connectivity index (χ2n) is 4.32. The molecule has 23 heavy (non-hydrogen) atoms. The molecule has 0 aliphatic heterocycles. The highest BCUT2D eigenvalue weighted by atomic mass is 32.2. The van der Waals surface area contributed by atoms with Gasteiger partial charge in [-0.25, -0.2) is 17.2 Å². The summed E-state index contributed by atoms with van der Waals surface area (Å²) in [5.74, 6) is -1.81. The van der Waals surface area contributed by atoms with Gasteiger partial charge in [0.25, 0.3) is 15.7 Å². The Morgan fingerprint density at radius 1 is 1.17 bits per heavy atom. The predicted molar refractivity (Wildman–Crippen MR) is 76.8 cm³/mol. The van der Waals surface area contributed by atoms with Gasteiger partial charge in [0.1, 0.15) is 17.4 Å². The number of rotatable bonds is 5. The molecule has 0 aliphatic carbocycles. The van der Waals surface area contributed by atoms with Gasteiger partial charge in [0.2, 0.25) is 0 Å². The van der Waals surface area contributed by atoms with Crippen molar-refractivity contribution in [2.75, 3.05) is 11.8 Å². The summed E-state index contributed by atoms with van der Waals surface area (Å²) >= 11 is 0. The number of methoxy groups -OCH3 is 1. The summed E-state index contributed by atoms with van der Waals surface area (Å²) in [5, 5.41) is 11.0. The quantitative estimate of drug-likeness (QED) is 0.664. The van der Waals surface area contributed by atoms with Crippen molar-refractivity contribution in [3.63, 3.8) is 0 Å². The van der Waals surface area contributed by atoms with Crippen LogP contribution in [0.15, 0.2) is 41.3 Å². The minimum absolute atomic E-state index is 0.0765. The van der Waals surface area contributed by atoms with E-state index in [1.807, 2.05) is 0 Å². The van der Waals surface area contributed by atoms with E-state index < -0.39 is 42.9 Å². The number of ether oxygens (including phenoxy) is 1. The molecule has 0 spiro atoms. The fraction of sp³-hybridized carbons (Fsp3) is 0.0769. The maximum absolute atomic E-state index is 13.5. The summed E-state index contributed by atoms with van der Waals surface area (Å²) in [6.07, 6.45) is 0. The molecule has 0 radical (unpaired) electrons. The Morgan fingerprint density at radius 3 is 2.48 bits per heavy atom. The van der Waals surface area contributed by atoms with Crippen LogP contribution in [0, 0.1) is 21.7 Å². The van der Waals surface area contributed by atoms with Gasteiger partial charge in [0.15, 0.2) is 4.90 Å². The molecular weight excluding hydrogens is 334 g/mol. The van der Waals surface area contributed by atoms with Crippen LogP contribution in [0.25, 0.3) is 0 Å². The van der Waals surface area contributed by atoms with Gasteiger partial charge in [0.05, 0.1) is 23.8 Å². The molecule has 0 aliphatic rings. The standard InChI is InChI=1S/C13H10F2N2O5S/c1-22-9-3-5-13(12(7-9)17(18)19)23(20,21)16-11-6-8(14)2-4-10(11)15/h2-7,16H,1H3. The summed E-state index contributed by atoms with van der Waals surface area (Å²) < 4.78 is 57.7. The Kier molecular flexibility index (Phi) is 4.45. The molecule has 7 nitrogen and oxygen atoms in total. The fourth-order valence-corrected chi connectivity index (χ4v) is 2.98. The molecule has 2 aromatic carbocycles. The van der Waals surface area contributed by atoms with Crippen molar-refractivity contribution in [2.24, 2.45) is 0 Å². The zero-order valence-corrected chi connectivity index (χ0v) is 12.4. The predicted octanol–water partition coefficient (Wildman–Crippen LogP) is 2.68. The molecular formula is C13H10F2N2O5S. The van der Waals surface area contributed by atoms with Crippen molar-refractivity contribution in [1.82, 2.24) is 0 Å². The molecule has 0 unspecified atom stereocenters. The molecule has 0 amide bonds. The third kappa shape index (κ3) is 3.54. The number of nitrogens with zero attached hydrogens (tertiary/aromatic N) is 1. The topological polar surface area (TPSA) is 98.5 Å². The highest BCUT2D eigenvalue weighted by Gasteiger charge is 2.27. The third-order valence-electron chi connectivity index (χ3n) is 2.83. The Labute approximate surface area is 129 Å². The highest BCUT2D eigenvalue weighted by molar-refractivity contribution is 7.92. The van der Waals surface area contributed by atoms with E-state index in [1.165, 1.54) is 13.2 Å². The maximum atomic E-state index is 13.5. The summed E-state index contributed by atoms with van der Waals surface area (Å²) in [6.45, 7) is 0. The van der Waals surface area contributed by atoms with E-state index in [-0.39, 0.29) is 5.75 Å². The number of nitro groups is 1. The molecule has 122 valence electrons. The van der Waals surface area contributed by atoms with Crippen LogP contribution >= 0.6 is 0 Å². The van der Waals surface area contributed by atoms with Crippen LogP contribution in [-0.4, -0.2) is 20.5 Å². The summed E-state index contributed by atoms with van der Waals surface area (Å²) in [4.78, 5) is 9.41. The van der Waals surface area contributed by atoms with Gasteiger partial charge in [-0.15, -0.1) is 0 Å². The number of anilines is 1. The van der Waals surface area contributed by atoms with Crippen LogP contribution in [0.2, 0.25) is 0 Å². The highest BCUT2D eigenvalue weighted by Crippen LogP contribution is 2.30. The summed E-state index contributed by atoms with van der Waals surface area (Å²) in [5.41, 5.74) is -1.41. The van der Waals surface area contributed by atoms with Crippen molar-refractivity contribution in [1.29, 1.82) is 0 Å². The Hall–Kier alpha value is -2.75. The summed E-state index contributed by atoms with van der Waals surface area (Å²) in [7, 11) is -3.25. The molecule has 0 aromatic heterocycles. The first kappa shape index (κ1) is 16.6. The van der Waals surface area contributed by atoms with E-state index in [9.17, 15) is 27.3 Å². The minimum Gasteiger partial charge on any atom is -0.497 e. The van der Waals surface area contributed by atoms with Crippen molar-refractivity contribution < 1.29 is 26.9 Å². The van der Waals surface area contributed by atoms with Gasteiger partial charge >= 0.3 is 0 Å². The number of sulfonamides is 1. The molecule has 0 atom stereocenters. The lowest BCUT2D eigenvalue weighted by atomic mass is 10.3. The molecule has 10 heteroatoms. The lowest BCUT2D eigenvalue weighted by Gasteiger charge is -2.10. The average Bonchev–Trinajstić information content (AvgIpc) is 2.50. The lowest BCUT2D eigenvalue weighted by Crippen LogP contribution is -2.16. The SMILES string of the molecule is COc1ccc(S(=O)(=O)Nc2cc(F)ccc2F)c([N+](=O)[O-])c1. The first-order chi connectivity index (χ1) is 10.7. The van der Waals surface area contributed by atoms with Crippen LogP contribution in [-0.2, 0) is 10.0 Å². The van der Waals surface area contributed by atoms with E-state index in [2.05, 4.69) is 0 Å². The van der Waals surface area contributed by atoms with Crippen LogP contribution in [0.4, 0.5) is 20.2 Å². The van der Waals surface area contributed by atoms with Crippen molar-refractivity contribution in [2.45, 2.75) is 4.90 Å². The van der Waals surface area contributed by atoms with Crippen LogP contribution < -0.4 is 9.46 Å². The summed E-state index contributed by atoms with van der Waals surface area (Å²) in [6, 6.07) is 5.22. The van der Waals surface area contributed by atoms with E-state index in [4.69, 9.17) is 4.74 Å². The number of hydrogen-bond acceptors (Lipinski definition) is 5. The van der Waals surface area contributed by atoms with Crippen molar-refractivity contribution in [3.8, 4) is 5.75 Å². The molecule has 0 saturated carbocycles. The molecule has 1 N–H and O–H groups in total. The number of halogens is 2. The second-order valence-corrected chi connectivity index (χ2v) is 5.97. The normalized spacial score (nSPS) is 11.1. The van der Waals surface area contributed by atoms with Gasteiger partial charge in [0, 0.05) is 6.07 Å². The van der Waals surface area contributed by atoms with E-state index in [0.717, 1.165) is 24.3 Å². The van der Waals surface area contributed by atoms with E-state index in [0.29, 0.717) is 6.07 Å². The number of nitro benzene ring substituents is 1. The third-order valence-corrected chi connectivity index (χ3v) is 4.24. The smallest absolute Gasteiger partial charge is 0.293 e. The van der Waals surface area contributed by atoms with Gasteiger partial charge in [-0.3, -0.25) is 14.8 Å². The van der Waals surface area contributed by atoms with Gasteiger partial charge in [-0.1, -0.05) is 0 Å². The zero-order chi connectivity index (χ0) is 17.2.